The third-order valence-electron chi connectivity index (χ3n) is 5.39. The SMILES string of the molecule is Cc1cc(N2C[C@@]34C=C[C@@H](O3)[C@@H](C(=O)Nc3cccc(F)c3)[C@@H]4C2=O)no1. The molecule has 2 fully saturated rings. The van der Waals surface area contributed by atoms with Gasteiger partial charge >= 0.3 is 0 Å². The van der Waals surface area contributed by atoms with E-state index in [-0.39, 0.29) is 18.4 Å². The molecule has 1 spiro atoms. The van der Waals surface area contributed by atoms with Gasteiger partial charge in [0.2, 0.25) is 11.8 Å². The molecule has 4 heterocycles. The summed E-state index contributed by atoms with van der Waals surface area (Å²) < 4.78 is 24.5. The summed E-state index contributed by atoms with van der Waals surface area (Å²) >= 11 is 0. The zero-order chi connectivity index (χ0) is 18.8. The fourth-order valence-corrected chi connectivity index (χ4v) is 4.26. The lowest BCUT2D eigenvalue weighted by atomic mass is 9.77. The Morgan fingerprint density at radius 3 is 3.00 bits per heavy atom. The van der Waals surface area contributed by atoms with Crippen molar-refractivity contribution in [2.24, 2.45) is 11.8 Å². The van der Waals surface area contributed by atoms with Gasteiger partial charge in [-0.05, 0) is 25.1 Å². The number of aromatic nitrogens is 1. The van der Waals surface area contributed by atoms with E-state index in [0.29, 0.717) is 17.3 Å². The number of anilines is 2. The van der Waals surface area contributed by atoms with E-state index < -0.39 is 29.4 Å². The average molecular weight is 369 g/mol. The molecule has 5 rings (SSSR count). The van der Waals surface area contributed by atoms with E-state index in [4.69, 9.17) is 9.26 Å². The van der Waals surface area contributed by atoms with Crippen molar-refractivity contribution in [2.75, 3.05) is 16.8 Å². The minimum absolute atomic E-state index is 0.227. The molecule has 2 amide bonds. The Labute approximate surface area is 153 Å². The number of nitrogens with zero attached hydrogens (tertiary/aromatic N) is 2. The zero-order valence-electron chi connectivity index (χ0n) is 14.4. The summed E-state index contributed by atoms with van der Waals surface area (Å²) in [6, 6.07) is 7.32. The van der Waals surface area contributed by atoms with Crippen LogP contribution in [0.2, 0.25) is 0 Å². The average Bonchev–Trinajstić information content (AvgIpc) is 3.36. The maximum absolute atomic E-state index is 13.4. The zero-order valence-corrected chi connectivity index (χ0v) is 14.4. The number of benzene rings is 1. The summed E-state index contributed by atoms with van der Waals surface area (Å²) in [7, 11) is 0. The predicted molar refractivity (Wildman–Crippen MR) is 92.3 cm³/mol. The second-order valence-electron chi connectivity index (χ2n) is 7.12. The molecule has 1 N–H and O–H groups in total. The highest BCUT2D eigenvalue weighted by molar-refractivity contribution is 6.05. The Kier molecular flexibility index (Phi) is 3.30. The van der Waals surface area contributed by atoms with Crippen molar-refractivity contribution in [2.45, 2.75) is 18.6 Å². The molecule has 4 atom stereocenters. The number of hydrogen-bond acceptors (Lipinski definition) is 5. The minimum Gasteiger partial charge on any atom is -0.360 e. The molecule has 3 aliphatic heterocycles. The van der Waals surface area contributed by atoms with Crippen LogP contribution in [-0.2, 0) is 14.3 Å². The number of carbonyl (C=O) groups excluding carboxylic acids is 2. The van der Waals surface area contributed by atoms with Crippen LogP contribution in [0.3, 0.4) is 0 Å². The molecule has 0 aliphatic carbocycles. The van der Waals surface area contributed by atoms with Gasteiger partial charge in [-0.1, -0.05) is 23.4 Å². The van der Waals surface area contributed by atoms with E-state index in [0.717, 1.165) is 0 Å². The van der Waals surface area contributed by atoms with Crippen LogP contribution >= 0.6 is 0 Å². The summed E-state index contributed by atoms with van der Waals surface area (Å²) in [5, 5.41) is 6.61. The highest BCUT2D eigenvalue weighted by atomic mass is 19.1. The van der Waals surface area contributed by atoms with Crippen LogP contribution in [0, 0.1) is 24.6 Å². The molecule has 1 aromatic heterocycles. The number of rotatable bonds is 3. The first-order valence-corrected chi connectivity index (χ1v) is 8.65. The van der Waals surface area contributed by atoms with E-state index in [1.165, 1.54) is 23.1 Å². The second kappa shape index (κ2) is 5.50. The summed E-state index contributed by atoms with van der Waals surface area (Å²) in [6.07, 6.45) is 3.20. The van der Waals surface area contributed by atoms with Crippen molar-refractivity contribution < 1.29 is 23.2 Å². The summed E-state index contributed by atoms with van der Waals surface area (Å²) in [6.45, 7) is 2.02. The van der Waals surface area contributed by atoms with Gasteiger partial charge in [-0.3, -0.25) is 14.5 Å². The lowest BCUT2D eigenvalue weighted by Gasteiger charge is -2.23. The Morgan fingerprint density at radius 1 is 1.41 bits per heavy atom. The Morgan fingerprint density at radius 2 is 2.26 bits per heavy atom. The number of hydrogen-bond donors (Lipinski definition) is 1. The number of carbonyl (C=O) groups is 2. The number of nitrogens with one attached hydrogen (secondary N) is 1. The maximum Gasteiger partial charge on any atom is 0.235 e. The smallest absolute Gasteiger partial charge is 0.235 e. The summed E-state index contributed by atoms with van der Waals surface area (Å²) in [5.41, 5.74) is -0.506. The van der Waals surface area contributed by atoms with Gasteiger partial charge in [0.05, 0.1) is 24.5 Å². The molecule has 3 aliphatic rings. The van der Waals surface area contributed by atoms with Gasteiger partial charge in [0.15, 0.2) is 5.82 Å². The van der Waals surface area contributed by atoms with Crippen molar-refractivity contribution in [3.05, 3.63) is 54.1 Å². The van der Waals surface area contributed by atoms with Crippen molar-refractivity contribution in [1.29, 1.82) is 0 Å². The Balaban J connectivity index is 1.44. The second-order valence-corrected chi connectivity index (χ2v) is 7.12. The molecule has 1 aromatic carbocycles. The molecule has 0 radical (unpaired) electrons. The van der Waals surface area contributed by atoms with E-state index in [2.05, 4.69) is 10.5 Å². The number of fused-ring (bicyclic) bond motifs is 1. The van der Waals surface area contributed by atoms with Crippen LogP contribution < -0.4 is 10.2 Å². The highest BCUT2D eigenvalue weighted by Crippen LogP contribution is 2.52. The Hall–Kier alpha value is -3.00. The van der Waals surface area contributed by atoms with E-state index in [1.54, 1.807) is 19.1 Å². The fourth-order valence-electron chi connectivity index (χ4n) is 4.26. The van der Waals surface area contributed by atoms with Crippen LogP contribution in [-0.4, -0.2) is 35.2 Å². The van der Waals surface area contributed by atoms with Gasteiger partial charge in [0.25, 0.3) is 0 Å². The third kappa shape index (κ3) is 2.33. The fraction of sp³-hybridized carbons (Fsp3) is 0.316. The molecular formula is C19H16FN3O4. The van der Waals surface area contributed by atoms with E-state index in [1.807, 2.05) is 12.2 Å². The van der Waals surface area contributed by atoms with Gasteiger partial charge in [0, 0.05) is 11.8 Å². The highest BCUT2D eigenvalue weighted by Gasteiger charge is 2.67. The van der Waals surface area contributed by atoms with Crippen molar-refractivity contribution >= 4 is 23.3 Å². The van der Waals surface area contributed by atoms with Gasteiger partial charge in [-0.25, -0.2) is 4.39 Å². The largest absolute Gasteiger partial charge is 0.360 e. The van der Waals surface area contributed by atoms with Gasteiger partial charge < -0.3 is 14.6 Å². The van der Waals surface area contributed by atoms with Crippen LogP contribution in [0.25, 0.3) is 0 Å². The normalized spacial score (nSPS) is 30.8. The number of halogens is 1. The first-order valence-electron chi connectivity index (χ1n) is 8.65. The molecule has 0 saturated carbocycles. The number of ether oxygens (including phenoxy) is 1. The molecule has 0 unspecified atom stereocenters. The van der Waals surface area contributed by atoms with Gasteiger partial charge in [-0.2, -0.15) is 0 Å². The first-order chi connectivity index (χ1) is 13.0. The standard InChI is InChI=1S/C19H16FN3O4/c1-10-7-14(22-27-10)23-9-19-6-5-13(26-19)15(16(19)18(23)25)17(24)21-12-4-2-3-11(20)8-12/h2-8,13,15-16H,9H2,1H3,(H,21,24)/t13-,15-,16-,19-/m1/s1. The van der Waals surface area contributed by atoms with Crippen molar-refractivity contribution in [3.8, 4) is 0 Å². The quantitative estimate of drug-likeness (QED) is 0.837. The topological polar surface area (TPSA) is 84.7 Å². The molecule has 138 valence electrons. The molecule has 7 nitrogen and oxygen atoms in total. The van der Waals surface area contributed by atoms with E-state index in [9.17, 15) is 14.0 Å². The Bertz CT molecular complexity index is 987. The monoisotopic (exact) mass is 369 g/mol. The molecular weight excluding hydrogens is 353 g/mol. The van der Waals surface area contributed by atoms with Crippen LogP contribution in [0.1, 0.15) is 5.76 Å². The van der Waals surface area contributed by atoms with E-state index >= 15 is 0 Å². The summed E-state index contributed by atoms with van der Waals surface area (Å²) in [4.78, 5) is 27.5. The lowest BCUT2D eigenvalue weighted by molar-refractivity contribution is -0.128. The molecule has 8 heteroatoms. The minimum atomic E-state index is -0.849. The van der Waals surface area contributed by atoms with Crippen molar-refractivity contribution in [1.82, 2.24) is 5.16 Å². The molecule has 2 bridgehead atoms. The van der Waals surface area contributed by atoms with Gasteiger partial charge in [-0.15, -0.1) is 0 Å². The van der Waals surface area contributed by atoms with Crippen LogP contribution in [0.15, 0.2) is 47.0 Å². The summed E-state index contributed by atoms with van der Waals surface area (Å²) in [5.74, 6) is -1.39. The first kappa shape index (κ1) is 16.2. The predicted octanol–water partition coefficient (Wildman–Crippen LogP) is 2.05. The van der Waals surface area contributed by atoms with Crippen LogP contribution in [0.4, 0.5) is 15.9 Å². The molecule has 2 aromatic rings. The third-order valence-corrected chi connectivity index (χ3v) is 5.39. The van der Waals surface area contributed by atoms with Crippen molar-refractivity contribution in [3.63, 3.8) is 0 Å². The number of aryl methyl sites for hydroxylation is 1. The maximum atomic E-state index is 13.4. The number of amides is 2. The van der Waals surface area contributed by atoms with Gasteiger partial charge in [0.1, 0.15) is 17.2 Å². The lowest BCUT2D eigenvalue weighted by Crippen LogP contribution is -2.41. The molecule has 2 saturated heterocycles. The van der Waals surface area contributed by atoms with Crippen LogP contribution in [0.5, 0.6) is 0 Å². The molecule has 27 heavy (non-hydrogen) atoms.